The molecule has 134 valence electrons. The summed E-state index contributed by atoms with van der Waals surface area (Å²) >= 11 is 0. The molecule has 0 rings (SSSR count). The van der Waals surface area contributed by atoms with Crippen LogP contribution in [0.3, 0.4) is 0 Å². The topological polar surface area (TPSA) is 23.5 Å². The molecule has 0 saturated heterocycles. The molecule has 0 heterocycles. The minimum atomic E-state index is -0.0627. The van der Waals surface area contributed by atoms with Crippen LogP contribution in [0.4, 0.5) is 0 Å². The second-order valence-electron chi connectivity index (χ2n) is 7.49. The van der Waals surface area contributed by atoms with Gasteiger partial charge in [0.05, 0.1) is 6.61 Å². The Morgan fingerprint density at radius 1 is 0.636 bits per heavy atom. The van der Waals surface area contributed by atoms with Crippen LogP contribution in [0, 0.1) is 0 Å². The highest BCUT2D eigenvalue weighted by Crippen LogP contribution is 2.17. The summed E-state index contributed by atoms with van der Waals surface area (Å²) in [5.41, 5.74) is -0.0627. The summed E-state index contributed by atoms with van der Waals surface area (Å²) < 4.78 is 0. The molecule has 1 N–H and O–H groups in total. The Bertz CT molecular complexity index is 212. The predicted octanol–water partition coefficient (Wildman–Crippen LogP) is 5.78. The van der Waals surface area contributed by atoms with Crippen molar-refractivity contribution in [1.82, 2.24) is 4.90 Å². The smallest absolute Gasteiger partial charge is 0.0610 e. The summed E-state index contributed by atoms with van der Waals surface area (Å²) in [6.45, 7) is 11.5. The Kier molecular flexibility index (Phi) is 14.5. The second-order valence-corrected chi connectivity index (χ2v) is 7.49. The Hall–Kier alpha value is -0.0800. The van der Waals surface area contributed by atoms with Crippen LogP contribution in [0.15, 0.2) is 0 Å². The first-order valence-corrected chi connectivity index (χ1v) is 9.94. The van der Waals surface area contributed by atoms with E-state index in [0.29, 0.717) is 0 Å². The van der Waals surface area contributed by atoms with Crippen molar-refractivity contribution in [3.63, 3.8) is 0 Å². The Morgan fingerprint density at radius 3 is 1.36 bits per heavy atom. The fourth-order valence-electron chi connectivity index (χ4n) is 2.98. The highest BCUT2D eigenvalue weighted by Gasteiger charge is 2.24. The Labute approximate surface area is 140 Å². The van der Waals surface area contributed by atoms with Crippen LogP contribution >= 0.6 is 0 Å². The van der Waals surface area contributed by atoms with Crippen LogP contribution in [-0.4, -0.2) is 35.2 Å². The lowest BCUT2D eigenvalue weighted by atomic mass is 10.0. The lowest BCUT2D eigenvalue weighted by molar-refractivity contribution is 0.0538. The third-order valence-corrected chi connectivity index (χ3v) is 4.81. The minimum Gasteiger partial charge on any atom is -0.394 e. The molecule has 0 radical (unpaired) electrons. The lowest BCUT2D eigenvalue weighted by Crippen LogP contribution is -2.47. The summed E-state index contributed by atoms with van der Waals surface area (Å²) in [5.74, 6) is 0. The van der Waals surface area contributed by atoms with Crippen LogP contribution in [0.5, 0.6) is 0 Å². The predicted molar refractivity (Wildman–Crippen MR) is 99.5 cm³/mol. The molecule has 0 fully saturated rings. The molecule has 0 aromatic heterocycles. The van der Waals surface area contributed by atoms with E-state index in [1.165, 1.54) is 77.0 Å². The lowest BCUT2D eigenvalue weighted by Gasteiger charge is -2.37. The average Bonchev–Trinajstić information content (AvgIpc) is 2.51. The standard InChI is InChI=1S/C20H43NO/c1-5-7-9-11-13-15-17-21(20(3,4)19-22)18-16-14-12-10-8-6-2/h22H,5-19H2,1-4H3. The molecule has 2 heteroatoms. The van der Waals surface area contributed by atoms with Gasteiger partial charge in [0.15, 0.2) is 0 Å². The first-order valence-electron chi connectivity index (χ1n) is 9.94. The second kappa shape index (κ2) is 14.5. The van der Waals surface area contributed by atoms with Gasteiger partial charge < -0.3 is 5.11 Å². The van der Waals surface area contributed by atoms with Gasteiger partial charge in [-0.3, -0.25) is 4.90 Å². The van der Waals surface area contributed by atoms with E-state index in [4.69, 9.17) is 0 Å². The largest absolute Gasteiger partial charge is 0.394 e. The Morgan fingerprint density at radius 2 is 1.00 bits per heavy atom. The van der Waals surface area contributed by atoms with Crippen molar-refractivity contribution in [1.29, 1.82) is 0 Å². The zero-order chi connectivity index (χ0) is 16.7. The number of aliphatic hydroxyl groups excluding tert-OH is 1. The van der Waals surface area contributed by atoms with Gasteiger partial charge in [-0.2, -0.15) is 0 Å². The molecule has 0 saturated carbocycles. The van der Waals surface area contributed by atoms with Gasteiger partial charge in [-0.15, -0.1) is 0 Å². The molecule has 0 amide bonds. The summed E-state index contributed by atoms with van der Waals surface area (Å²) in [5, 5.41) is 9.67. The Balaban J connectivity index is 3.91. The maximum atomic E-state index is 9.67. The van der Waals surface area contributed by atoms with Gasteiger partial charge in [0, 0.05) is 5.54 Å². The summed E-state index contributed by atoms with van der Waals surface area (Å²) in [7, 11) is 0. The van der Waals surface area contributed by atoms with E-state index in [2.05, 4.69) is 32.6 Å². The van der Waals surface area contributed by atoms with Crippen LogP contribution in [0.1, 0.15) is 105 Å². The molecule has 0 atom stereocenters. The van der Waals surface area contributed by atoms with Crippen molar-refractivity contribution in [2.45, 2.75) is 110 Å². The molecule has 0 bridgehead atoms. The van der Waals surface area contributed by atoms with Gasteiger partial charge in [0.25, 0.3) is 0 Å². The zero-order valence-corrected chi connectivity index (χ0v) is 16.0. The van der Waals surface area contributed by atoms with Crippen LogP contribution in [0.2, 0.25) is 0 Å². The fourth-order valence-corrected chi connectivity index (χ4v) is 2.98. The number of hydrogen-bond acceptors (Lipinski definition) is 2. The highest BCUT2D eigenvalue weighted by atomic mass is 16.3. The maximum Gasteiger partial charge on any atom is 0.0610 e. The molecule has 22 heavy (non-hydrogen) atoms. The molecule has 0 unspecified atom stereocenters. The molecule has 0 spiro atoms. The van der Waals surface area contributed by atoms with Gasteiger partial charge in [0.2, 0.25) is 0 Å². The van der Waals surface area contributed by atoms with E-state index in [1.54, 1.807) is 0 Å². The van der Waals surface area contributed by atoms with E-state index in [0.717, 1.165) is 13.1 Å². The first kappa shape index (κ1) is 21.9. The first-order chi connectivity index (χ1) is 10.6. The maximum absolute atomic E-state index is 9.67. The monoisotopic (exact) mass is 313 g/mol. The van der Waals surface area contributed by atoms with E-state index in [-0.39, 0.29) is 12.1 Å². The van der Waals surface area contributed by atoms with Gasteiger partial charge in [-0.1, -0.05) is 78.1 Å². The normalized spacial score (nSPS) is 12.3. The average molecular weight is 314 g/mol. The molecule has 2 nitrogen and oxygen atoms in total. The van der Waals surface area contributed by atoms with Gasteiger partial charge in [-0.25, -0.2) is 0 Å². The molecule has 0 aliphatic carbocycles. The number of rotatable bonds is 16. The van der Waals surface area contributed by atoms with Crippen molar-refractivity contribution in [2.24, 2.45) is 0 Å². The molecular weight excluding hydrogens is 270 g/mol. The van der Waals surface area contributed by atoms with Crippen molar-refractivity contribution >= 4 is 0 Å². The molecule has 0 aromatic rings. The number of hydrogen-bond donors (Lipinski definition) is 1. The fraction of sp³-hybridized carbons (Fsp3) is 1.00. The number of unbranched alkanes of at least 4 members (excludes halogenated alkanes) is 10. The quantitative estimate of drug-likeness (QED) is 0.365. The van der Waals surface area contributed by atoms with Crippen molar-refractivity contribution in [3.8, 4) is 0 Å². The summed E-state index contributed by atoms with van der Waals surface area (Å²) in [6, 6.07) is 0. The van der Waals surface area contributed by atoms with Crippen molar-refractivity contribution < 1.29 is 5.11 Å². The third-order valence-electron chi connectivity index (χ3n) is 4.81. The third kappa shape index (κ3) is 11.5. The van der Waals surface area contributed by atoms with Gasteiger partial charge in [0.1, 0.15) is 0 Å². The van der Waals surface area contributed by atoms with E-state index < -0.39 is 0 Å². The van der Waals surface area contributed by atoms with Gasteiger partial charge >= 0.3 is 0 Å². The number of aliphatic hydroxyl groups is 1. The molecular formula is C20H43NO. The minimum absolute atomic E-state index is 0.0627. The molecule has 0 aromatic carbocycles. The van der Waals surface area contributed by atoms with E-state index in [9.17, 15) is 5.11 Å². The van der Waals surface area contributed by atoms with E-state index in [1.807, 2.05) is 0 Å². The summed E-state index contributed by atoms with van der Waals surface area (Å²) in [4.78, 5) is 2.52. The SMILES string of the molecule is CCCCCCCCN(CCCCCCCC)C(C)(C)CO. The zero-order valence-electron chi connectivity index (χ0n) is 16.0. The van der Waals surface area contributed by atoms with Crippen molar-refractivity contribution in [2.75, 3.05) is 19.7 Å². The number of nitrogens with zero attached hydrogens (tertiary/aromatic N) is 1. The van der Waals surface area contributed by atoms with Crippen LogP contribution < -0.4 is 0 Å². The summed E-state index contributed by atoms with van der Waals surface area (Å²) in [6.07, 6.45) is 16.2. The molecule has 0 aliphatic rings. The van der Waals surface area contributed by atoms with Crippen LogP contribution in [-0.2, 0) is 0 Å². The van der Waals surface area contributed by atoms with Crippen LogP contribution in [0.25, 0.3) is 0 Å². The van der Waals surface area contributed by atoms with E-state index >= 15 is 0 Å². The van der Waals surface area contributed by atoms with Gasteiger partial charge in [-0.05, 0) is 39.8 Å². The van der Waals surface area contributed by atoms with Crippen molar-refractivity contribution in [3.05, 3.63) is 0 Å². The molecule has 0 aliphatic heterocycles. The highest BCUT2D eigenvalue weighted by molar-refractivity contribution is 4.80.